The highest BCUT2D eigenvalue weighted by molar-refractivity contribution is 5.73. The van der Waals surface area contributed by atoms with Crippen LogP contribution >= 0.6 is 0 Å². The molecule has 3 heteroatoms. The van der Waals surface area contributed by atoms with E-state index in [9.17, 15) is 9.90 Å². The Morgan fingerprint density at radius 2 is 2.06 bits per heavy atom. The predicted molar refractivity (Wildman–Crippen MR) is 71.6 cm³/mol. The van der Waals surface area contributed by atoms with Crippen LogP contribution in [0.3, 0.4) is 0 Å². The van der Waals surface area contributed by atoms with Crippen molar-refractivity contribution in [3.05, 3.63) is 35.9 Å². The molecule has 1 aromatic carbocycles. The van der Waals surface area contributed by atoms with Crippen molar-refractivity contribution < 1.29 is 9.90 Å². The molecule has 1 saturated carbocycles. The number of hydrogen-bond acceptors (Lipinski definition) is 2. The van der Waals surface area contributed by atoms with Gasteiger partial charge >= 0.3 is 5.97 Å². The number of hydrogen-bond donors (Lipinski definition) is 2. The summed E-state index contributed by atoms with van der Waals surface area (Å²) in [5, 5.41) is 12.4. The lowest BCUT2D eigenvalue weighted by molar-refractivity contribution is -0.139. The highest BCUT2D eigenvalue weighted by atomic mass is 16.4. The topological polar surface area (TPSA) is 49.3 Å². The Morgan fingerprint density at radius 3 is 2.61 bits per heavy atom. The molecule has 0 radical (unpaired) electrons. The van der Waals surface area contributed by atoms with Crippen molar-refractivity contribution in [2.75, 3.05) is 6.54 Å². The van der Waals surface area contributed by atoms with Gasteiger partial charge in [0.1, 0.15) is 6.04 Å². The average Bonchev–Trinajstić information content (AvgIpc) is 3.19. The summed E-state index contributed by atoms with van der Waals surface area (Å²) in [5.41, 5.74) is 1.21. The molecule has 1 aromatic rings. The van der Waals surface area contributed by atoms with E-state index in [-0.39, 0.29) is 5.92 Å². The van der Waals surface area contributed by atoms with E-state index in [2.05, 4.69) is 24.4 Å². The second-order valence-electron chi connectivity index (χ2n) is 5.29. The quantitative estimate of drug-likeness (QED) is 0.778. The Balaban J connectivity index is 1.88. The van der Waals surface area contributed by atoms with Gasteiger partial charge in [0.2, 0.25) is 0 Å². The van der Waals surface area contributed by atoms with Gasteiger partial charge in [-0.05, 0) is 43.2 Å². The Labute approximate surface area is 108 Å². The first kappa shape index (κ1) is 13.1. The molecule has 0 bridgehead atoms. The minimum atomic E-state index is -0.738. The fraction of sp³-hybridized carbons (Fsp3) is 0.533. The van der Waals surface area contributed by atoms with Crippen LogP contribution in [0, 0.1) is 5.92 Å². The highest BCUT2D eigenvalue weighted by Gasteiger charge is 2.26. The molecule has 98 valence electrons. The molecule has 1 aliphatic carbocycles. The zero-order valence-corrected chi connectivity index (χ0v) is 10.8. The molecule has 1 fully saturated rings. The first-order valence-electron chi connectivity index (χ1n) is 6.68. The Bertz CT molecular complexity index is 387. The van der Waals surface area contributed by atoms with Crippen molar-refractivity contribution in [2.45, 2.75) is 38.1 Å². The van der Waals surface area contributed by atoms with Crippen LogP contribution in [0.2, 0.25) is 0 Å². The molecule has 2 N–H and O–H groups in total. The molecule has 1 aliphatic rings. The minimum Gasteiger partial charge on any atom is -0.480 e. The summed E-state index contributed by atoms with van der Waals surface area (Å²) in [4.78, 5) is 11.2. The van der Waals surface area contributed by atoms with Crippen LogP contribution in [0.15, 0.2) is 30.3 Å². The lowest BCUT2D eigenvalue weighted by Crippen LogP contribution is -2.38. The molecule has 0 aliphatic heterocycles. The summed E-state index contributed by atoms with van der Waals surface area (Å²) in [6, 6.07) is 9.67. The van der Waals surface area contributed by atoms with Crippen LogP contribution in [0.4, 0.5) is 0 Å². The Hall–Kier alpha value is -1.35. The molecule has 2 atom stereocenters. The lowest BCUT2D eigenvalue weighted by atomic mass is 9.94. The average molecular weight is 247 g/mol. The smallest absolute Gasteiger partial charge is 0.320 e. The van der Waals surface area contributed by atoms with Gasteiger partial charge in [0.15, 0.2) is 0 Å². The van der Waals surface area contributed by atoms with Crippen molar-refractivity contribution in [1.82, 2.24) is 5.32 Å². The van der Waals surface area contributed by atoms with E-state index in [1.165, 1.54) is 18.4 Å². The number of carboxylic acids is 1. The molecule has 3 nitrogen and oxygen atoms in total. The van der Waals surface area contributed by atoms with Crippen molar-refractivity contribution in [3.63, 3.8) is 0 Å². The van der Waals surface area contributed by atoms with Crippen molar-refractivity contribution in [1.29, 1.82) is 0 Å². The summed E-state index contributed by atoms with van der Waals surface area (Å²) < 4.78 is 0. The molecule has 0 heterocycles. The molecular formula is C15H21NO2. The van der Waals surface area contributed by atoms with E-state index in [0.29, 0.717) is 12.3 Å². The zero-order chi connectivity index (χ0) is 13.0. The van der Waals surface area contributed by atoms with Gasteiger partial charge < -0.3 is 10.4 Å². The minimum absolute atomic E-state index is 0.263. The van der Waals surface area contributed by atoms with Crippen LogP contribution in [-0.4, -0.2) is 23.7 Å². The third kappa shape index (κ3) is 3.84. The van der Waals surface area contributed by atoms with E-state index < -0.39 is 12.0 Å². The van der Waals surface area contributed by atoms with E-state index >= 15 is 0 Å². The standard InChI is InChI=1S/C15H21NO2/c1-11(13-5-3-2-4-6-13)9-14(15(17)18)16-10-12-7-8-12/h2-6,11-12,14,16H,7-10H2,1H3,(H,17,18). The number of carbonyl (C=O) groups is 1. The van der Waals surface area contributed by atoms with Crippen LogP contribution in [0.25, 0.3) is 0 Å². The summed E-state index contributed by atoms with van der Waals surface area (Å²) in [5.74, 6) is 0.233. The van der Waals surface area contributed by atoms with Crippen molar-refractivity contribution in [3.8, 4) is 0 Å². The molecular weight excluding hydrogens is 226 g/mol. The van der Waals surface area contributed by atoms with Gasteiger partial charge in [-0.25, -0.2) is 0 Å². The third-order valence-corrected chi connectivity index (χ3v) is 3.61. The van der Waals surface area contributed by atoms with Crippen LogP contribution in [-0.2, 0) is 4.79 Å². The fourth-order valence-corrected chi connectivity index (χ4v) is 2.17. The van der Waals surface area contributed by atoms with Gasteiger partial charge in [-0.2, -0.15) is 0 Å². The van der Waals surface area contributed by atoms with E-state index in [0.717, 1.165) is 6.54 Å². The van der Waals surface area contributed by atoms with Gasteiger partial charge in [-0.3, -0.25) is 4.79 Å². The summed E-state index contributed by atoms with van der Waals surface area (Å²) in [6.07, 6.45) is 3.13. The number of aliphatic carboxylic acids is 1. The normalized spacial score (nSPS) is 18.3. The van der Waals surface area contributed by atoms with Gasteiger partial charge in [-0.1, -0.05) is 37.3 Å². The van der Waals surface area contributed by atoms with Crippen molar-refractivity contribution >= 4 is 5.97 Å². The summed E-state index contributed by atoms with van der Waals surface area (Å²) >= 11 is 0. The van der Waals surface area contributed by atoms with Gasteiger partial charge in [0.25, 0.3) is 0 Å². The number of benzene rings is 1. The molecule has 0 amide bonds. The van der Waals surface area contributed by atoms with E-state index in [1.54, 1.807) is 0 Å². The van der Waals surface area contributed by atoms with Crippen LogP contribution in [0.1, 0.15) is 37.7 Å². The highest BCUT2D eigenvalue weighted by Crippen LogP contribution is 2.28. The molecule has 2 unspecified atom stereocenters. The van der Waals surface area contributed by atoms with Crippen LogP contribution in [0.5, 0.6) is 0 Å². The predicted octanol–water partition coefficient (Wildman–Crippen LogP) is 2.63. The van der Waals surface area contributed by atoms with E-state index in [4.69, 9.17) is 0 Å². The van der Waals surface area contributed by atoms with Gasteiger partial charge in [0, 0.05) is 0 Å². The molecule has 0 aromatic heterocycles. The maximum absolute atomic E-state index is 11.2. The molecule has 18 heavy (non-hydrogen) atoms. The molecule has 2 rings (SSSR count). The number of carboxylic acid groups (broad SMARTS) is 1. The first-order valence-corrected chi connectivity index (χ1v) is 6.68. The van der Waals surface area contributed by atoms with Crippen molar-refractivity contribution in [2.24, 2.45) is 5.92 Å². The maximum atomic E-state index is 11.2. The van der Waals surface area contributed by atoms with E-state index in [1.807, 2.05) is 18.2 Å². The SMILES string of the molecule is CC(CC(NCC1CC1)C(=O)O)c1ccccc1. The Morgan fingerprint density at radius 1 is 1.39 bits per heavy atom. The number of rotatable bonds is 7. The second-order valence-corrected chi connectivity index (χ2v) is 5.29. The maximum Gasteiger partial charge on any atom is 0.320 e. The Kier molecular flexibility index (Phi) is 4.37. The number of nitrogens with one attached hydrogen (secondary N) is 1. The first-order chi connectivity index (χ1) is 8.66. The monoisotopic (exact) mass is 247 g/mol. The zero-order valence-electron chi connectivity index (χ0n) is 10.8. The third-order valence-electron chi connectivity index (χ3n) is 3.61. The largest absolute Gasteiger partial charge is 0.480 e. The summed E-state index contributed by atoms with van der Waals surface area (Å²) in [7, 11) is 0. The second kappa shape index (κ2) is 6.01. The van der Waals surface area contributed by atoms with Crippen LogP contribution < -0.4 is 5.32 Å². The fourth-order valence-electron chi connectivity index (χ4n) is 2.17. The lowest BCUT2D eigenvalue weighted by Gasteiger charge is -2.19. The summed E-state index contributed by atoms with van der Waals surface area (Å²) in [6.45, 7) is 2.93. The molecule has 0 spiro atoms. The van der Waals surface area contributed by atoms with Gasteiger partial charge in [-0.15, -0.1) is 0 Å². The van der Waals surface area contributed by atoms with Gasteiger partial charge in [0.05, 0.1) is 0 Å². The molecule has 0 saturated heterocycles.